The highest BCUT2D eigenvalue weighted by Gasteiger charge is 2.29. The van der Waals surface area contributed by atoms with Crippen LogP contribution in [-0.4, -0.2) is 53.1 Å². The predicted octanol–water partition coefficient (Wildman–Crippen LogP) is 4.89. The van der Waals surface area contributed by atoms with Crippen LogP contribution in [0, 0.1) is 6.92 Å². The fourth-order valence-corrected chi connectivity index (χ4v) is 4.61. The molecule has 0 bridgehead atoms. The van der Waals surface area contributed by atoms with Gasteiger partial charge in [0.1, 0.15) is 11.6 Å². The Hall–Kier alpha value is -3.29. The molecule has 162 valence electrons. The Morgan fingerprint density at radius 3 is 2.66 bits per heavy atom. The van der Waals surface area contributed by atoms with E-state index in [0.29, 0.717) is 6.04 Å². The maximum Gasteiger partial charge on any atom is 0.130 e. The monoisotopic (exact) mass is 442 g/mol. The van der Waals surface area contributed by atoms with Crippen LogP contribution in [0.4, 0.5) is 11.6 Å². The van der Waals surface area contributed by atoms with Crippen LogP contribution in [0.3, 0.4) is 0 Å². The second kappa shape index (κ2) is 8.33. The highest BCUT2D eigenvalue weighted by Crippen LogP contribution is 2.30. The Morgan fingerprint density at radius 2 is 1.91 bits per heavy atom. The molecule has 0 amide bonds. The smallest absolute Gasteiger partial charge is 0.130 e. The molecule has 0 spiro atoms. The van der Waals surface area contributed by atoms with Crippen LogP contribution in [0.1, 0.15) is 10.6 Å². The lowest BCUT2D eigenvalue weighted by molar-refractivity contribution is 0.246. The fourth-order valence-electron chi connectivity index (χ4n) is 3.83. The average Bonchev–Trinajstić information content (AvgIpc) is 3.18. The van der Waals surface area contributed by atoms with Crippen LogP contribution < -0.4 is 10.2 Å². The first-order chi connectivity index (χ1) is 15.5. The van der Waals surface area contributed by atoms with Crippen molar-refractivity contribution in [1.82, 2.24) is 19.9 Å². The van der Waals surface area contributed by atoms with Crippen molar-refractivity contribution in [2.24, 2.45) is 0 Å². The van der Waals surface area contributed by atoms with Crippen LogP contribution in [0.15, 0.2) is 61.6 Å². The zero-order valence-electron chi connectivity index (χ0n) is 18.5. The quantitative estimate of drug-likeness (QED) is 0.459. The van der Waals surface area contributed by atoms with E-state index in [0.717, 1.165) is 51.8 Å². The topological polar surface area (TPSA) is 57.2 Å². The number of benzene rings is 1. The van der Waals surface area contributed by atoms with Gasteiger partial charge in [-0.1, -0.05) is 18.7 Å². The summed E-state index contributed by atoms with van der Waals surface area (Å²) in [5, 5.41) is 6.67. The van der Waals surface area contributed by atoms with Crippen LogP contribution in [0.25, 0.3) is 26.9 Å². The Bertz CT molecular complexity index is 1290. The number of fused-ring (bicyclic) bond motifs is 1. The van der Waals surface area contributed by atoms with E-state index >= 15 is 0 Å². The SMILES string of the molecule is C=C(Nc1cc2cc(-c3cnc(C)s3)ccc2cn1)c1ccnc(N2CC(N(C)C)C2)c1. The molecular weight excluding hydrogens is 416 g/mol. The molecule has 4 heterocycles. The normalized spacial score (nSPS) is 14.1. The largest absolute Gasteiger partial charge is 0.353 e. The van der Waals surface area contributed by atoms with Gasteiger partial charge in [0, 0.05) is 54.4 Å². The molecule has 0 radical (unpaired) electrons. The van der Waals surface area contributed by atoms with Crippen molar-refractivity contribution in [2.75, 3.05) is 37.4 Å². The molecule has 1 aliphatic heterocycles. The molecule has 0 aliphatic carbocycles. The number of rotatable bonds is 6. The third-order valence-electron chi connectivity index (χ3n) is 5.92. The van der Waals surface area contributed by atoms with Gasteiger partial charge in [0.15, 0.2) is 0 Å². The molecule has 32 heavy (non-hydrogen) atoms. The summed E-state index contributed by atoms with van der Waals surface area (Å²) in [6.45, 7) is 8.27. The third-order valence-corrected chi connectivity index (χ3v) is 6.88. The van der Waals surface area contributed by atoms with Gasteiger partial charge < -0.3 is 15.1 Å². The molecule has 0 atom stereocenters. The van der Waals surface area contributed by atoms with Gasteiger partial charge in [0.25, 0.3) is 0 Å². The molecule has 6 nitrogen and oxygen atoms in total. The molecule has 1 aliphatic rings. The van der Waals surface area contributed by atoms with Crippen molar-refractivity contribution in [1.29, 1.82) is 0 Å². The van der Waals surface area contributed by atoms with Crippen LogP contribution in [-0.2, 0) is 0 Å². The van der Waals surface area contributed by atoms with Crippen molar-refractivity contribution in [3.63, 3.8) is 0 Å². The maximum absolute atomic E-state index is 4.58. The third kappa shape index (κ3) is 4.09. The molecule has 0 unspecified atom stereocenters. The molecule has 3 aromatic heterocycles. The Labute approximate surface area is 192 Å². The number of nitrogens with one attached hydrogen (secondary N) is 1. The molecule has 0 saturated carbocycles. The van der Waals surface area contributed by atoms with Crippen molar-refractivity contribution in [2.45, 2.75) is 13.0 Å². The molecule has 1 N–H and O–H groups in total. The van der Waals surface area contributed by atoms with E-state index < -0.39 is 0 Å². The number of hydrogen-bond acceptors (Lipinski definition) is 7. The first-order valence-corrected chi connectivity index (χ1v) is 11.4. The second-order valence-electron chi connectivity index (χ2n) is 8.40. The van der Waals surface area contributed by atoms with E-state index in [-0.39, 0.29) is 0 Å². The summed E-state index contributed by atoms with van der Waals surface area (Å²) in [6, 6.07) is 13.1. The minimum absolute atomic E-state index is 0.586. The highest BCUT2D eigenvalue weighted by atomic mass is 32.1. The number of aryl methyl sites for hydroxylation is 1. The molecule has 7 heteroatoms. The van der Waals surface area contributed by atoms with E-state index in [1.165, 1.54) is 10.4 Å². The van der Waals surface area contributed by atoms with Crippen LogP contribution >= 0.6 is 11.3 Å². The number of hydrogen-bond donors (Lipinski definition) is 1. The van der Waals surface area contributed by atoms with E-state index in [9.17, 15) is 0 Å². The number of pyridine rings is 2. The van der Waals surface area contributed by atoms with E-state index in [2.05, 4.69) is 81.1 Å². The van der Waals surface area contributed by atoms with Crippen molar-refractivity contribution < 1.29 is 0 Å². The summed E-state index contributed by atoms with van der Waals surface area (Å²) < 4.78 is 0. The van der Waals surface area contributed by atoms with E-state index in [1.807, 2.05) is 31.6 Å². The highest BCUT2D eigenvalue weighted by molar-refractivity contribution is 7.15. The van der Waals surface area contributed by atoms with E-state index in [1.54, 1.807) is 11.3 Å². The summed E-state index contributed by atoms with van der Waals surface area (Å²) in [4.78, 5) is 19.2. The lowest BCUT2D eigenvalue weighted by atomic mass is 10.1. The second-order valence-corrected chi connectivity index (χ2v) is 9.64. The minimum atomic E-state index is 0.586. The summed E-state index contributed by atoms with van der Waals surface area (Å²) in [7, 11) is 4.24. The van der Waals surface area contributed by atoms with Gasteiger partial charge in [0.05, 0.1) is 9.88 Å². The predicted molar refractivity (Wildman–Crippen MR) is 134 cm³/mol. The van der Waals surface area contributed by atoms with Gasteiger partial charge in [-0.15, -0.1) is 11.3 Å². The van der Waals surface area contributed by atoms with Crippen molar-refractivity contribution >= 4 is 39.4 Å². The molecule has 1 fully saturated rings. The van der Waals surface area contributed by atoms with Crippen LogP contribution in [0.5, 0.6) is 0 Å². The standard InChI is InChI=1S/C25H26N6S/c1-16(18-7-8-26-25(11-18)31-14-22(15-31)30(3)4)29-24-10-21-9-19(5-6-20(21)12-28-24)23-13-27-17(2)32-23/h5-13,22H,1,14-15H2,2-4H3,(H,28,29). The average molecular weight is 443 g/mol. The summed E-state index contributed by atoms with van der Waals surface area (Å²) >= 11 is 1.70. The molecular formula is C25H26N6S. The zero-order valence-corrected chi connectivity index (χ0v) is 19.4. The number of thiazole rings is 1. The molecule has 4 aromatic rings. The minimum Gasteiger partial charge on any atom is -0.353 e. The van der Waals surface area contributed by atoms with Gasteiger partial charge in [-0.3, -0.25) is 0 Å². The first-order valence-electron chi connectivity index (χ1n) is 10.6. The zero-order chi connectivity index (χ0) is 22.2. The number of anilines is 2. The fraction of sp³-hybridized carbons (Fsp3) is 0.240. The van der Waals surface area contributed by atoms with Gasteiger partial charge in [-0.25, -0.2) is 15.0 Å². The molecule has 1 aromatic carbocycles. The number of nitrogens with zero attached hydrogens (tertiary/aromatic N) is 5. The lowest BCUT2D eigenvalue weighted by Crippen LogP contribution is -2.57. The lowest BCUT2D eigenvalue weighted by Gasteiger charge is -2.43. The van der Waals surface area contributed by atoms with Gasteiger partial charge in [-0.2, -0.15) is 0 Å². The van der Waals surface area contributed by atoms with Gasteiger partial charge in [-0.05, 0) is 56.2 Å². The molecule has 5 rings (SSSR count). The van der Waals surface area contributed by atoms with Gasteiger partial charge >= 0.3 is 0 Å². The van der Waals surface area contributed by atoms with Crippen LogP contribution in [0.2, 0.25) is 0 Å². The summed E-state index contributed by atoms with van der Waals surface area (Å²) in [5.74, 6) is 1.76. The summed E-state index contributed by atoms with van der Waals surface area (Å²) in [6.07, 6.45) is 5.67. The van der Waals surface area contributed by atoms with Gasteiger partial charge in [0.2, 0.25) is 0 Å². The molecule has 1 saturated heterocycles. The van der Waals surface area contributed by atoms with E-state index in [4.69, 9.17) is 0 Å². The number of likely N-dealkylation sites (N-methyl/N-ethyl adjacent to an activating group) is 1. The maximum atomic E-state index is 4.58. The Kier molecular flexibility index (Phi) is 5.36. The first kappa shape index (κ1) is 20.6. The number of aromatic nitrogens is 3. The Morgan fingerprint density at radius 1 is 1.06 bits per heavy atom. The summed E-state index contributed by atoms with van der Waals surface area (Å²) in [5.41, 5.74) is 2.99. The Balaban J connectivity index is 1.34. The van der Waals surface area contributed by atoms with Crippen molar-refractivity contribution in [3.8, 4) is 10.4 Å². The van der Waals surface area contributed by atoms with Crippen molar-refractivity contribution in [3.05, 3.63) is 72.1 Å².